The van der Waals surface area contributed by atoms with Crippen LogP contribution in [0.5, 0.6) is 0 Å². The van der Waals surface area contributed by atoms with Crippen LogP contribution >= 0.6 is 11.6 Å². The van der Waals surface area contributed by atoms with Crippen molar-refractivity contribution in [3.8, 4) is 0 Å². The van der Waals surface area contributed by atoms with E-state index in [0.29, 0.717) is 11.7 Å². The molecule has 6 heteroatoms. The number of benzene rings is 1. The third-order valence-electron chi connectivity index (χ3n) is 3.72. The minimum atomic E-state index is 0.648. The maximum Gasteiger partial charge on any atom is 0.128 e. The Balaban J connectivity index is 1.60. The molecule has 0 aliphatic carbocycles. The standard InChI is InChI=1S/C15H19ClN4O/c1-19-14(16)10-18-15(19)11-17-12-2-4-13(5-3-12)20-6-8-21-9-7-20/h2-5,10,17H,6-9,11H2,1H3. The Bertz CT molecular complexity index is 590. The smallest absolute Gasteiger partial charge is 0.128 e. The fraction of sp³-hybridized carbons (Fsp3) is 0.400. The van der Waals surface area contributed by atoms with E-state index in [1.165, 1.54) is 5.69 Å². The third-order valence-corrected chi connectivity index (χ3v) is 4.07. The monoisotopic (exact) mass is 306 g/mol. The van der Waals surface area contributed by atoms with Gasteiger partial charge < -0.3 is 19.5 Å². The van der Waals surface area contributed by atoms with Gasteiger partial charge in [-0.15, -0.1) is 0 Å². The van der Waals surface area contributed by atoms with Crippen molar-refractivity contribution in [1.29, 1.82) is 0 Å². The van der Waals surface area contributed by atoms with Gasteiger partial charge in [-0.25, -0.2) is 4.98 Å². The van der Waals surface area contributed by atoms with Crippen LogP contribution in [0.4, 0.5) is 11.4 Å². The number of imidazole rings is 1. The Labute approximate surface area is 129 Å². The number of aromatic nitrogens is 2. The number of rotatable bonds is 4. The number of nitrogens with one attached hydrogen (secondary N) is 1. The van der Waals surface area contributed by atoms with Gasteiger partial charge in [-0.3, -0.25) is 0 Å². The van der Waals surface area contributed by atoms with Crippen LogP contribution in [0.15, 0.2) is 30.5 Å². The van der Waals surface area contributed by atoms with E-state index < -0.39 is 0 Å². The van der Waals surface area contributed by atoms with E-state index in [4.69, 9.17) is 16.3 Å². The second kappa shape index (κ2) is 6.37. The van der Waals surface area contributed by atoms with E-state index in [9.17, 15) is 0 Å². The molecule has 1 aliphatic rings. The lowest BCUT2D eigenvalue weighted by Crippen LogP contribution is -2.36. The Morgan fingerprint density at radius 3 is 2.57 bits per heavy atom. The number of nitrogens with zero attached hydrogens (tertiary/aromatic N) is 3. The zero-order valence-corrected chi connectivity index (χ0v) is 12.8. The number of hydrogen-bond donors (Lipinski definition) is 1. The van der Waals surface area contributed by atoms with Gasteiger partial charge in [0.15, 0.2) is 0 Å². The highest BCUT2D eigenvalue weighted by Gasteiger charge is 2.10. The van der Waals surface area contributed by atoms with E-state index in [1.807, 2.05) is 11.6 Å². The van der Waals surface area contributed by atoms with Gasteiger partial charge in [-0.2, -0.15) is 0 Å². The first-order chi connectivity index (χ1) is 10.2. The van der Waals surface area contributed by atoms with Crippen LogP contribution in [0.1, 0.15) is 5.82 Å². The molecule has 21 heavy (non-hydrogen) atoms. The largest absolute Gasteiger partial charge is 0.378 e. The van der Waals surface area contributed by atoms with Crippen molar-refractivity contribution in [2.75, 3.05) is 36.5 Å². The predicted octanol–water partition coefficient (Wildman–Crippen LogP) is 2.52. The van der Waals surface area contributed by atoms with Crippen molar-refractivity contribution < 1.29 is 4.74 Å². The zero-order valence-electron chi connectivity index (χ0n) is 12.1. The summed E-state index contributed by atoms with van der Waals surface area (Å²) in [4.78, 5) is 6.61. The second-order valence-electron chi connectivity index (χ2n) is 5.06. The topological polar surface area (TPSA) is 42.3 Å². The highest BCUT2D eigenvalue weighted by molar-refractivity contribution is 6.29. The summed E-state index contributed by atoms with van der Waals surface area (Å²) < 4.78 is 7.24. The van der Waals surface area contributed by atoms with Crippen LogP contribution in [0, 0.1) is 0 Å². The maximum atomic E-state index is 5.97. The summed E-state index contributed by atoms with van der Waals surface area (Å²) in [5, 5.41) is 4.01. The molecule has 1 aliphatic heterocycles. The minimum absolute atomic E-state index is 0.648. The Morgan fingerprint density at radius 1 is 1.24 bits per heavy atom. The number of morpholine rings is 1. The lowest BCUT2D eigenvalue weighted by atomic mass is 10.2. The van der Waals surface area contributed by atoms with Gasteiger partial charge in [-0.1, -0.05) is 11.6 Å². The second-order valence-corrected chi connectivity index (χ2v) is 5.44. The molecule has 1 fully saturated rings. The van der Waals surface area contributed by atoms with Crippen molar-refractivity contribution in [3.63, 3.8) is 0 Å². The molecule has 3 rings (SSSR count). The molecular weight excluding hydrogens is 288 g/mol. The van der Waals surface area contributed by atoms with Crippen molar-refractivity contribution in [2.45, 2.75) is 6.54 Å². The van der Waals surface area contributed by atoms with Gasteiger partial charge in [0.2, 0.25) is 0 Å². The predicted molar refractivity (Wildman–Crippen MR) is 85.0 cm³/mol. The lowest BCUT2D eigenvalue weighted by molar-refractivity contribution is 0.122. The summed E-state index contributed by atoms with van der Waals surface area (Å²) in [5.41, 5.74) is 2.31. The summed E-state index contributed by atoms with van der Waals surface area (Å²) in [6.07, 6.45) is 1.67. The summed E-state index contributed by atoms with van der Waals surface area (Å²) in [5.74, 6) is 0.914. The Kier molecular flexibility index (Phi) is 4.31. The van der Waals surface area contributed by atoms with Crippen molar-refractivity contribution in [3.05, 3.63) is 41.4 Å². The summed E-state index contributed by atoms with van der Waals surface area (Å²) in [7, 11) is 1.91. The average Bonchev–Trinajstić information content (AvgIpc) is 2.86. The molecule has 2 heterocycles. The molecule has 0 saturated carbocycles. The van der Waals surface area contributed by atoms with E-state index in [-0.39, 0.29) is 0 Å². The van der Waals surface area contributed by atoms with Gasteiger partial charge in [0.1, 0.15) is 11.0 Å². The van der Waals surface area contributed by atoms with Crippen LogP contribution in [0.25, 0.3) is 0 Å². The van der Waals surface area contributed by atoms with E-state index >= 15 is 0 Å². The first kappa shape index (κ1) is 14.2. The van der Waals surface area contributed by atoms with E-state index in [0.717, 1.165) is 37.8 Å². The van der Waals surface area contributed by atoms with Crippen LogP contribution in [0.2, 0.25) is 5.15 Å². The normalized spacial score (nSPS) is 15.2. The first-order valence-corrected chi connectivity index (χ1v) is 7.44. The number of ether oxygens (including phenoxy) is 1. The molecule has 112 valence electrons. The average molecular weight is 307 g/mol. The molecule has 1 N–H and O–H groups in total. The summed E-state index contributed by atoms with van der Waals surface area (Å²) in [6.45, 7) is 4.18. The quantitative estimate of drug-likeness (QED) is 0.942. The fourth-order valence-corrected chi connectivity index (χ4v) is 2.53. The SMILES string of the molecule is Cn1c(Cl)cnc1CNc1ccc(N2CCOCC2)cc1. The molecular formula is C15H19ClN4O. The van der Waals surface area contributed by atoms with Gasteiger partial charge in [0.05, 0.1) is 26.0 Å². The fourth-order valence-electron chi connectivity index (χ4n) is 2.38. The molecule has 1 aromatic carbocycles. The van der Waals surface area contributed by atoms with Gasteiger partial charge >= 0.3 is 0 Å². The van der Waals surface area contributed by atoms with E-state index in [2.05, 4.69) is 39.5 Å². The van der Waals surface area contributed by atoms with Crippen molar-refractivity contribution in [1.82, 2.24) is 9.55 Å². The van der Waals surface area contributed by atoms with Crippen molar-refractivity contribution >= 4 is 23.0 Å². The van der Waals surface area contributed by atoms with Crippen molar-refractivity contribution in [2.24, 2.45) is 7.05 Å². The molecule has 1 aromatic heterocycles. The van der Waals surface area contributed by atoms with Crippen LogP contribution in [-0.4, -0.2) is 35.9 Å². The van der Waals surface area contributed by atoms with Crippen LogP contribution < -0.4 is 10.2 Å². The van der Waals surface area contributed by atoms with E-state index in [1.54, 1.807) is 6.20 Å². The maximum absolute atomic E-state index is 5.97. The van der Waals surface area contributed by atoms with Gasteiger partial charge in [-0.05, 0) is 24.3 Å². The highest BCUT2D eigenvalue weighted by Crippen LogP contribution is 2.19. The Morgan fingerprint density at radius 2 is 1.95 bits per heavy atom. The molecule has 0 spiro atoms. The third kappa shape index (κ3) is 3.31. The molecule has 0 amide bonds. The molecule has 0 atom stereocenters. The van der Waals surface area contributed by atoms with Gasteiger partial charge in [0, 0.05) is 31.5 Å². The summed E-state index contributed by atoms with van der Waals surface area (Å²) >= 11 is 5.97. The molecule has 0 radical (unpaired) electrons. The molecule has 5 nitrogen and oxygen atoms in total. The van der Waals surface area contributed by atoms with Crippen LogP contribution in [0.3, 0.4) is 0 Å². The lowest BCUT2D eigenvalue weighted by Gasteiger charge is -2.28. The number of hydrogen-bond acceptors (Lipinski definition) is 4. The number of halogens is 1. The first-order valence-electron chi connectivity index (χ1n) is 7.07. The zero-order chi connectivity index (χ0) is 14.7. The molecule has 0 bridgehead atoms. The highest BCUT2D eigenvalue weighted by atomic mass is 35.5. The van der Waals surface area contributed by atoms with Crippen LogP contribution in [-0.2, 0) is 18.3 Å². The minimum Gasteiger partial charge on any atom is -0.378 e. The molecule has 1 saturated heterocycles. The number of anilines is 2. The summed E-state index contributed by atoms with van der Waals surface area (Å²) in [6, 6.07) is 8.46. The Hall–Kier alpha value is -1.72. The van der Waals surface area contributed by atoms with Gasteiger partial charge in [0.25, 0.3) is 0 Å². The molecule has 2 aromatic rings. The molecule has 0 unspecified atom stereocenters.